The molecule has 0 saturated heterocycles. The molecule has 2 rings (SSSR count). The van der Waals surface area contributed by atoms with Gasteiger partial charge in [0.25, 0.3) is 0 Å². The van der Waals surface area contributed by atoms with Gasteiger partial charge in [-0.15, -0.1) is 0 Å². The van der Waals surface area contributed by atoms with Crippen molar-refractivity contribution in [1.29, 1.82) is 0 Å². The molecule has 0 fully saturated rings. The number of nitrogens with zero attached hydrogens (tertiary/aromatic N) is 1. The van der Waals surface area contributed by atoms with Crippen LogP contribution in [0.5, 0.6) is 11.5 Å². The van der Waals surface area contributed by atoms with E-state index in [4.69, 9.17) is 14.2 Å². The fourth-order valence-corrected chi connectivity index (χ4v) is 3.30. The lowest BCUT2D eigenvalue weighted by Crippen LogP contribution is -2.13. The van der Waals surface area contributed by atoms with Gasteiger partial charge in [-0.25, -0.2) is 0 Å². The Bertz CT molecular complexity index is 644. The molecule has 0 aromatic heterocycles. The maximum absolute atomic E-state index is 5.71. The molecule has 0 aliphatic rings. The van der Waals surface area contributed by atoms with Gasteiger partial charge in [0.2, 0.25) is 0 Å². The highest BCUT2D eigenvalue weighted by atomic mass is 31.1. The van der Waals surface area contributed by atoms with Crippen LogP contribution in [0.4, 0.5) is 0 Å². The first-order valence-electron chi connectivity index (χ1n) is 6.87. The van der Waals surface area contributed by atoms with E-state index >= 15 is 0 Å². The first kappa shape index (κ1) is 16.5. The molecule has 5 heteroatoms. The molecule has 22 heavy (non-hydrogen) atoms. The minimum Gasteiger partial charge on any atom is -0.493 e. The third kappa shape index (κ3) is 4.06. The molecule has 0 saturated carbocycles. The quantitative estimate of drug-likeness (QED) is 0.447. The summed E-state index contributed by atoms with van der Waals surface area (Å²) < 4.78 is 16.1. The third-order valence-electron chi connectivity index (χ3n) is 3.02. The van der Waals surface area contributed by atoms with Crippen LogP contribution >= 0.6 is 8.58 Å². The van der Waals surface area contributed by atoms with Crippen molar-refractivity contribution >= 4 is 25.4 Å². The molecule has 2 aromatic rings. The topological polar surface area (TPSA) is 40.0 Å². The molecule has 0 spiro atoms. The van der Waals surface area contributed by atoms with Gasteiger partial charge in [-0.05, 0) is 16.9 Å². The van der Waals surface area contributed by atoms with Crippen molar-refractivity contribution < 1.29 is 14.2 Å². The van der Waals surface area contributed by atoms with Gasteiger partial charge in [0.1, 0.15) is 0 Å². The van der Waals surface area contributed by atoms with Crippen molar-refractivity contribution in [2.24, 2.45) is 4.99 Å². The first-order chi connectivity index (χ1) is 10.8. The van der Waals surface area contributed by atoms with Crippen LogP contribution < -0.4 is 20.1 Å². The molecule has 0 bridgehead atoms. The molecule has 0 heterocycles. The van der Waals surface area contributed by atoms with E-state index in [0.717, 1.165) is 16.6 Å². The largest absolute Gasteiger partial charge is 0.493 e. The summed E-state index contributed by atoms with van der Waals surface area (Å²) in [7, 11) is 5.46. The summed E-state index contributed by atoms with van der Waals surface area (Å²) in [6.07, 6.45) is 1.87. The molecule has 1 atom stereocenters. The second-order valence-electron chi connectivity index (χ2n) is 4.49. The molecule has 0 aliphatic carbocycles. The van der Waals surface area contributed by atoms with E-state index in [9.17, 15) is 0 Å². The van der Waals surface area contributed by atoms with Gasteiger partial charge in [0, 0.05) is 25.7 Å². The van der Waals surface area contributed by atoms with Gasteiger partial charge in [0.05, 0.1) is 7.11 Å². The van der Waals surface area contributed by atoms with E-state index in [1.54, 1.807) is 21.3 Å². The van der Waals surface area contributed by atoms with E-state index in [2.05, 4.69) is 17.1 Å². The van der Waals surface area contributed by atoms with Crippen LogP contribution in [-0.4, -0.2) is 34.3 Å². The third-order valence-corrected chi connectivity index (χ3v) is 4.41. The molecule has 0 aliphatic heterocycles. The molecule has 2 aromatic carbocycles. The SMILES string of the molecule is C/N=C/c1ccccc1Pc1cccc(OC)c1OCOC. The van der Waals surface area contributed by atoms with E-state index in [1.807, 2.05) is 36.5 Å². The van der Waals surface area contributed by atoms with Crippen molar-refractivity contribution in [1.82, 2.24) is 0 Å². The Balaban J connectivity index is 2.37. The van der Waals surface area contributed by atoms with Gasteiger partial charge >= 0.3 is 0 Å². The van der Waals surface area contributed by atoms with Crippen LogP contribution in [0, 0.1) is 0 Å². The average molecular weight is 317 g/mol. The Kier molecular flexibility index (Phi) is 6.38. The maximum atomic E-state index is 5.71. The molecule has 116 valence electrons. The van der Waals surface area contributed by atoms with Crippen LogP contribution in [0.1, 0.15) is 5.56 Å². The smallest absolute Gasteiger partial charge is 0.188 e. The minimum absolute atomic E-state index is 0.190. The molecular formula is C17H20NO3P. The van der Waals surface area contributed by atoms with Crippen molar-refractivity contribution in [2.45, 2.75) is 0 Å². The number of hydrogen-bond acceptors (Lipinski definition) is 4. The second kappa shape index (κ2) is 8.52. The monoisotopic (exact) mass is 317 g/mol. The number of hydrogen-bond donors (Lipinski definition) is 0. The fraction of sp³-hybridized carbons (Fsp3) is 0.235. The standard InChI is InChI=1S/C17H20NO3P/c1-18-11-13-7-4-5-9-15(13)22-16-10-6-8-14(20-3)17(16)21-12-19-2/h4-11,22H,12H2,1-3H3/b18-11+. The summed E-state index contributed by atoms with van der Waals surface area (Å²) in [6, 6.07) is 14.1. The predicted octanol–water partition coefficient (Wildman–Crippen LogP) is 2.36. The van der Waals surface area contributed by atoms with E-state index in [0.29, 0.717) is 14.3 Å². The summed E-state index contributed by atoms with van der Waals surface area (Å²) >= 11 is 0. The van der Waals surface area contributed by atoms with E-state index in [-0.39, 0.29) is 6.79 Å². The predicted molar refractivity (Wildman–Crippen MR) is 93.0 cm³/mol. The highest BCUT2D eigenvalue weighted by molar-refractivity contribution is 7.56. The number of para-hydroxylation sites is 1. The van der Waals surface area contributed by atoms with Gasteiger partial charge in [-0.2, -0.15) is 0 Å². The molecule has 4 nitrogen and oxygen atoms in total. The van der Waals surface area contributed by atoms with Crippen LogP contribution in [0.15, 0.2) is 47.5 Å². The van der Waals surface area contributed by atoms with E-state index < -0.39 is 0 Å². The first-order valence-corrected chi connectivity index (χ1v) is 7.87. The Hall–Kier alpha value is -1.90. The zero-order valence-electron chi connectivity index (χ0n) is 13.0. The van der Waals surface area contributed by atoms with Crippen molar-refractivity contribution in [3.05, 3.63) is 48.0 Å². The molecule has 0 radical (unpaired) electrons. The summed E-state index contributed by atoms with van der Waals surface area (Å²) in [6.45, 7) is 0.190. The lowest BCUT2D eigenvalue weighted by molar-refractivity contribution is 0.0500. The second-order valence-corrected chi connectivity index (χ2v) is 5.81. The van der Waals surface area contributed by atoms with Crippen LogP contribution in [0.3, 0.4) is 0 Å². The van der Waals surface area contributed by atoms with Crippen molar-refractivity contribution in [3.63, 3.8) is 0 Å². The molecule has 1 unspecified atom stereocenters. The maximum Gasteiger partial charge on any atom is 0.188 e. The number of methoxy groups -OCH3 is 2. The number of rotatable bonds is 7. The van der Waals surface area contributed by atoms with Crippen LogP contribution in [-0.2, 0) is 4.74 Å². The van der Waals surface area contributed by atoms with Gasteiger partial charge in [-0.1, -0.05) is 45.0 Å². The van der Waals surface area contributed by atoms with Crippen LogP contribution in [0.25, 0.3) is 0 Å². The minimum atomic E-state index is 0.190. The fourth-order valence-electron chi connectivity index (χ4n) is 2.05. The van der Waals surface area contributed by atoms with Crippen molar-refractivity contribution in [3.8, 4) is 11.5 Å². The Morgan fingerprint density at radius 1 is 1.05 bits per heavy atom. The summed E-state index contributed by atoms with van der Waals surface area (Å²) in [5.74, 6) is 1.44. The normalized spacial score (nSPS) is 11.4. The van der Waals surface area contributed by atoms with Crippen LogP contribution in [0.2, 0.25) is 0 Å². The lowest BCUT2D eigenvalue weighted by atomic mass is 10.2. The number of aliphatic imine (C=N–C) groups is 1. The Morgan fingerprint density at radius 3 is 2.55 bits per heavy atom. The Labute approximate surface area is 132 Å². The highest BCUT2D eigenvalue weighted by Gasteiger charge is 2.12. The van der Waals surface area contributed by atoms with Gasteiger partial charge in [-0.3, -0.25) is 4.99 Å². The molecule has 0 N–H and O–H groups in total. The number of ether oxygens (including phenoxy) is 3. The summed E-state index contributed by atoms with van der Waals surface area (Å²) in [5.41, 5.74) is 1.11. The Morgan fingerprint density at radius 2 is 1.82 bits per heavy atom. The zero-order valence-corrected chi connectivity index (χ0v) is 14.0. The summed E-state index contributed by atoms with van der Waals surface area (Å²) in [5, 5.41) is 2.29. The molecular weight excluding hydrogens is 297 g/mol. The van der Waals surface area contributed by atoms with E-state index in [1.165, 1.54) is 5.30 Å². The summed E-state index contributed by atoms with van der Waals surface area (Å²) in [4.78, 5) is 4.12. The van der Waals surface area contributed by atoms with Gasteiger partial charge < -0.3 is 14.2 Å². The average Bonchev–Trinajstić information content (AvgIpc) is 2.55. The zero-order chi connectivity index (χ0) is 15.8. The molecule has 0 amide bonds. The lowest BCUT2D eigenvalue weighted by Gasteiger charge is -2.15. The number of benzene rings is 2. The van der Waals surface area contributed by atoms with Crippen molar-refractivity contribution in [2.75, 3.05) is 28.1 Å². The highest BCUT2D eigenvalue weighted by Crippen LogP contribution is 2.30. The van der Waals surface area contributed by atoms with Gasteiger partial charge in [0.15, 0.2) is 18.3 Å².